The van der Waals surface area contributed by atoms with Crippen molar-refractivity contribution in [3.63, 3.8) is 0 Å². The van der Waals surface area contributed by atoms with Gasteiger partial charge < -0.3 is 5.32 Å². The van der Waals surface area contributed by atoms with Gasteiger partial charge >= 0.3 is 0 Å². The average Bonchev–Trinajstić information content (AvgIpc) is 3.58. The zero-order chi connectivity index (χ0) is 24.6. The minimum atomic E-state index is -3.50. The Kier molecular flexibility index (Phi) is 6.56. The van der Waals surface area contributed by atoms with E-state index in [1.54, 1.807) is 18.2 Å². The molecule has 0 amide bonds. The van der Waals surface area contributed by atoms with Gasteiger partial charge in [-0.2, -0.15) is 0 Å². The van der Waals surface area contributed by atoms with E-state index in [1.165, 1.54) is 24.3 Å². The van der Waals surface area contributed by atoms with E-state index >= 15 is 0 Å². The molecule has 0 aromatic heterocycles. The second-order valence-corrected chi connectivity index (χ2v) is 10.4. The van der Waals surface area contributed by atoms with E-state index < -0.39 is 44.4 Å². The van der Waals surface area contributed by atoms with Crippen LogP contribution in [0.3, 0.4) is 0 Å². The van der Waals surface area contributed by atoms with E-state index in [-0.39, 0.29) is 17.4 Å². The molecule has 3 aromatic rings. The minimum absolute atomic E-state index is 0.0646. The lowest BCUT2D eigenvalue weighted by Gasteiger charge is -2.23. The van der Waals surface area contributed by atoms with Crippen LogP contribution in [0.25, 0.3) is 11.1 Å². The van der Waals surface area contributed by atoms with Gasteiger partial charge in [-0.05, 0) is 60.4 Å². The van der Waals surface area contributed by atoms with Crippen LogP contribution in [-0.2, 0) is 21.3 Å². The van der Waals surface area contributed by atoms with Crippen molar-refractivity contribution in [1.29, 1.82) is 0 Å². The molecule has 1 fully saturated rings. The number of sulfonamides is 1. The molecule has 4 rings (SSSR count). The van der Waals surface area contributed by atoms with Gasteiger partial charge in [-0.25, -0.2) is 25.8 Å². The van der Waals surface area contributed by atoms with E-state index in [9.17, 15) is 30.4 Å². The normalized spacial score (nSPS) is 14.5. The summed E-state index contributed by atoms with van der Waals surface area (Å²) < 4.78 is 91.5. The van der Waals surface area contributed by atoms with Gasteiger partial charge in [-0.15, -0.1) is 0 Å². The molecule has 1 aliphatic carbocycles. The molecule has 180 valence electrons. The lowest BCUT2D eigenvalue weighted by Crippen LogP contribution is -2.28. The lowest BCUT2D eigenvalue weighted by molar-refractivity contribution is 0.511. The molecule has 1 unspecified atom stereocenters. The number of nitrogens with zero attached hydrogens (tertiary/aromatic N) is 1. The fourth-order valence-corrected chi connectivity index (χ4v) is 4.81. The summed E-state index contributed by atoms with van der Waals surface area (Å²) in [4.78, 5) is 0. The standard InChI is InChI=1S/C22H20F3N3O4S2/c1-34(31,32)27-15-4-2-3-13(11-15)14-5-9-19(18(24)12-14)26-22-20(10-8-17(23)21(22)25)28(33(29)30)16-6-7-16/h2-5,8-12,16,26-27H,6-7H2,1H3,(H,29,30). The highest BCUT2D eigenvalue weighted by atomic mass is 32.2. The minimum Gasteiger partial charge on any atom is -0.349 e. The van der Waals surface area contributed by atoms with E-state index in [4.69, 9.17) is 0 Å². The van der Waals surface area contributed by atoms with E-state index in [1.807, 2.05) is 0 Å². The first-order valence-electron chi connectivity index (χ1n) is 10.1. The van der Waals surface area contributed by atoms with Crippen molar-refractivity contribution >= 4 is 44.0 Å². The van der Waals surface area contributed by atoms with Crippen molar-refractivity contribution in [2.45, 2.75) is 18.9 Å². The van der Waals surface area contributed by atoms with Crippen LogP contribution in [0.5, 0.6) is 0 Å². The average molecular weight is 512 g/mol. The molecule has 0 spiro atoms. The molecule has 0 aliphatic heterocycles. The van der Waals surface area contributed by atoms with E-state index in [0.29, 0.717) is 29.7 Å². The molecule has 0 heterocycles. The van der Waals surface area contributed by atoms with Gasteiger partial charge in [0.05, 0.1) is 17.6 Å². The van der Waals surface area contributed by atoms with Crippen molar-refractivity contribution in [2.24, 2.45) is 0 Å². The first kappa shape index (κ1) is 24.0. The van der Waals surface area contributed by atoms with Crippen molar-refractivity contribution < 1.29 is 30.4 Å². The number of benzene rings is 3. The monoisotopic (exact) mass is 511 g/mol. The smallest absolute Gasteiger partial charge is 0.262 e. The zero-order valence-electron chi connectivity index (χ0n) is 17.8. The van der Waals surface area contributed by atoms with Crippen molar-refractivity contribution in [3.05, 3.63) is 72.0 Å². The fourth-order valence-electron chi connectivity index (χ4n) is 3.47. The summed E-state index contributed by atoms with van der Waals surface area (Å²) in [6, 6.07) is 12.0. The number of halogens is 3. The summed E-state index contributed by atoms with van der Waals surface area (Å²) in [6.45, 7) is 0. The molecule has 1 aliphatic rings. The number of hydrogen-bond donors (Lipinski definition) is 3. The number of nitrogens with one attached hydrogen (secondary N) is 2. The SMILES string of the molecule is CS(=O)(=O)Nc1cccc(-c2ccc(Nc3c(N(C4CC4)S(=O)O)ccc(F)c3F)c(F)c2)c1. The first-order chi connectivity index (χ1) is 16.0. The Bertz CT molecular complexity index is 1380. The van der Waals surface area contributed by atoms with Crippen LogP contribution in [0, 0.1) is 17.5 Å². The Morgan fingerprint density at radius 1 is 1.00 bits per heavy atom. The summed E-state index contributed by atoms with van der Waals surface area (Å²) >= 11 is -2.49. The largest absolute Gasteiger partial charge is 0.349 e. The van der Waals surface area contributed by atoms with E-state index in [0.717, 1.165) is 22.7 Å². The summed E-state index contributed by atoms with van der Waals surface area (Å²) in [6.07, 6.45) is 2.23. The zero-order valence-corrected chi connectivity index (χ0v) is 19.4. The fraction of sp³-hybridized carbons (Fsp3) is 0.182. The molecular formula is C22H20F3N3O4S2. The van der Waals surface area contributed by atoms with Gasteiger partial charge in [0.15, 0.2) is 11.6 Å². The topological polar surface area (TPSA) is 98.7 Å². The molecule has 7 nitrogen and oxygen atoms in total. The summed E-state index contributed by atoms with van der Waals surface area (Å²) in [7, 11) is -3.50. The first-order valence-corrected chi connectivity index (χ1v) is 13.0. The van der Waals surface area contributed by atoms with Crippen LogP contribution in [-0.4, -0.2) is 29.5 Å². The highest BCUT2D eigenvalue weighted by Crippen LogP contribution is 2.40. The van der Waals surface area contributed by atoms with Gasteiger partial charge in [-0.3, -0.25) is 13.6 Å². The van der Waals surface area contributed by atoms with Crippen LogP contribution >= 0.6 is 0 Å². The second kappa shape index (κ2) is 9.28. The Morgan fingerprint density at radius 2 is 1.71 bits per heavy atom. The molecule has 1 saturated carbocycles. The van der Waals surface area contributed by atoms with Crippen LogP contribution in [0.2, 0.25) is 0 Å². The molecule has 34 heavy (non-hydrogen) atoms. The molecule has 3 aromatic carbocycles. The van der Waals surface area contributed by atoms with Crippen molar-refractivity contribution in [2.75, 3.05) is 20.6 Å². The molecule has 1 atom stereocenters. The molecule has 0 saturated heterocycles. The van der Waals surface area contributed by atoms with Crippen LogP contribution in [0.4, 0.5) is 35.9 Å². The third-order valence-corrected chi connectivity index (χ3v) is 6.52. The molecule has 3 N–H and O–H groups in total. The maximum atomic E-state index is 15.0. The third kappa shape index (κ3) is 5.34. The summed E-state index contributed by atoms with van der Waals surface area (Å²) in [5.74, 6) is -3.30. The number of hydrogen-bond acceptors (Lipinski definition) is 4. The second-order valence-electron chi connectivity index (χ2n) is 7.82. The molecule has 0 radical (unpaired) electrons. The Balaban J connectivity index is 1.68. The summed E-state index contributed by atoms with van der Waals surface area (Å²) in [5, 5.41) is 2.52. The molecule has 0 bridgehead atoms. The van der Waals surface area contributed by atoms with Crippen molar-refractivity contribution in [3.8, 4) is 11.1 Å². The predicted molar refractivity (Wildman–Crippen MR) is 126 cm³/mol. The highest BCUT2D eigenvalue weighted by Gasteiger charge is 2.35. The quantitative estimate of drug-likeness (QED) is 0.370. The molecular weight excluding hydrogens is 491 g/mol. The van der Waals surface area contributed by atoms with Crippen LogP contribution < -0.4 is 14.3 Å². The van der Waals surface area contributed by atoms with Gasteiger partial charge in [-0.1, -0.05) is 18.2 Å². The Hall–Kier alpha value is -3.09. The Labute approximate surface area is 197 Å². The lowest BCUT2D eigenvalue weighted by atomic mass is 10.0. The van der Waals surface area contributed by atoms with Gasteiger partial charge in [0.25, 0.3) is 11.3 Å². The highest BCUT2D eigenvalue weighted by molar-refractivity contribution is 7.92. The van der Waals surface area contributed by atoms with Crippen LogP contribution in [0.1, 0.15) is 12.8 Å². The maximum absolute atomic E-state index is 15.0. The predicted octanol–water partition coefficient (Wildman–Crippen LogP) is 4.99. The number of rotatable bonds is 8. The van der Waals surface area contributed by atoms with Gasteiger partial charge in [0.2, 0.25) is 10.0 Å². The summed E-state index contributed by atoms with van der Waals surface area (Å²) in [5.41, 5.74) is 0.528. The third-order valence-electron chi connectivity index (χ3n) is 5.08. The van der Waals surface area contributed by atoms with Crippen LogP contribution in [0.15, 0.2) is 54.6 Å². The Morgan fingerprint density at radius 3 is 2.32 bits per heavy atom. The van der Waals surface area contributed by atoms with Crippen molar-refractivity contribution in [1.82, 2.24) is 0 Å². The molecule has 12 heteroatoms. The van der Waals surface area contributed by atoms with E-state index in [2.05, 4.69) is 10.0 Å². The number of anilines is 4. The van der Waals surface area contributed by atoms with Gasteiger partial charge in [0.1, 0.15) is 11.5 Å². The van der Waals surface area contributed by atoms with Gasteiger partial charge in [0, 0.05) is 11.7 Å². The maximum Gasteiger partial charge on any atom is 0.262 e.